The van der Waals surface area contributed by atoms with Gasteiger partial charge in [0.25, 0.3) is 5.91 Å². The van der Waals surface area contributed by atoms with Gasteiger partial charge in [0.05, 0.1) is 6.42 Å². The summed E-state index contributed by atoms with van der Waals surface area (Å²) in [6.07, 6.45) is 1.11. The molecule has 5 nitrogen and oxygen atoms in total. The van der Waals surface area contributed by atoms with Gasteiger partial charge in [-0.15, -0.1) is 0 Å². The first kappa shape index (κ1) is 19.8. The molecule has 0 bridgehead atoms. The molecule has 0 radical (unpaired) electrons. The van der Waals surface area contributed by atoms with Gasteiger partial charge >= 0.3 is 5.97 Å². The van der Waals surface area contributed by atoms with Crippen LogP contribution in [-0.4, -0.2) is 29.3 Å². The van der Waals surface area contributed by atoms with Crippen LogP contribution in [0.15, 0.2) is 48.5 Å². The molecular formula is C20H23NO4S. The lowest BCUT2D eigenvalue weighted by atomic mass is 10.2. The highest BCUT2D eigenvalue weighted by Gasteiger charge is 2.05. The van der Waals surface area contributed by atoms with Crippen LogP contribution < -0.4 is 10.1 Å². The Morgan fingerprint density at radius 2 is 1.88 bits per heavy atom. The summed E-state index contributed by atoms with van der Waals surface area (Å²) in [5.41, 5.74) is 2.96. The van der Waals surface area contributed by atoms with Gasteiger partial charge < -0.3 is 15.2 Å². The predicted octanol–water partition coefficient (Wildman–Crippen LogP) is 3.97. The van der Waals surface area contributed by atoms with Crippen molar-refractivity contribution in [3.8, 4) is 5.75 Å². The number of amides is 1. The van der Waals surface area contributed by atoms with Crippen molar-refractivity contribution in [1.82, 2.24) is 0 Å². The number of hydrogen-bond donors (Lipinski definition) is 2. The van der Waals surface area contributed by atoms with Gasteiger partial charge in [-0.25, -0.2) is 0 Å². The van der Waals surface area contributed by atoms with Crippen LogP contribution in [0.5, 0.6) is 5.75 Å². The molecule has 6 heteroatoms. The van der Waals surface area contributed by atoms with Crippen LogP contribution in [0.1, 0.15) is 24.5 Å². The van der Waals surface area contributed by atoms with E-state index in [1.165, 1.54) is 5.56 Å². The third kappa shape index (κ3) is 7.19. The molecule has 0 aliphatic carbocycles. The molecule has 0 atom stereocenters. The summed E-state index contributed by atoms with van der Waals surface area (Å²) >= 11 is 1.55. The van der Waals surface area contributed by atoms with Crippen molar-refractivity contribution in [2.24, 2.45) is 0 Å². The van der Waals surface area contributed by atoms with E-state index in [2.05, 4.69) is 12.2 Å². The number of benzene rings is 2. The molecule has 0 saturated heterocycles. The van der Waals surface area contributed by atoms with Crippen molar-refractivity contribution in [2.75, 3.05) is 17.7 Å². The normalized spacial score (nSPS) is 10.3. The number of nitrogens with one attached hydrogen (secondary N) is 1. The Bertz CT molecular complexity index is 731. The lowest BCUT2D eigenvalue weighted by molar-refractivity contribution is -0.136. The maximum Gasteiger partial charge on any atom is 0.304 e. The minimum atomic E-state index is -0.789. The highest BCUT2D eigenvalue weighted by molar-refractivity contribution is 7.98. The average Bonchev–Trinajstić information content (AvgIpc) is 2.64. The first-order valence-electron chi connectivity index (χ1n) is 8.47. The Morgan fingerprint density at radius 3 is 2.58 bits per heavy atom. The number of anilines is 1. The van der Waals surface area contributed by atoms with Crippen LogP contribution in [0.3, 0.4) is 0 Å². The topological polar surface area (TPSA) is 75.6 Å². The minimum absolute atomic E-state index is 0.0525. The molecule has 0 aliphatic heterocycles. The van der Waals surface area contributed by atoms with Crippen molar-refractivity contribution in [3.05, 3.63) is 59.7 Å². The Labute approximate surface area is 157 Å². The second kappa shape index (κ2) is 10.5. The summed E-state index contributed by atoms with van der Waals surface area (Å²) < 4.78 is 5.50. The molecule has 26 heavy (non-hydrogen) atoms. The molecule has 0 unspecified atom stereocenters. The van der Waals surface area contributed by atoms with Gasteiger partial charge in [0.15, 0.2) is 6.61 Å². The molecule has 138 valence electrons. The molecule has 0 aliphatic rings. The molecule has 0 spiro atoms. The first-order chi connectivity index (χ1) is 12.6. The third-order valence-electron chi connectivity index (χ3n) is 3.64. The van der Waals surface area contributed by atoms with Crippen molar-refractivity contribution < 1.29 is 19.4 Å². The molecular weight excluding hydrogens is 350 g/mol. The van der Waals surface area contributed by atoms with Gasteiger partial charge in [0.2, 0.25) is 0 Å². The number of hydrogen-bond acceptors (Lipinski definition) is 4. The monoisotopic (exact) mass is 373 g/mol. The van der Waals surface area contributed by atoms with Crippen molar-refractivity contribution in [3.63, 3.8) is 0 Å². The van der Waals surface area contributed by atoms with Crippen LogP contribution in [-0.2, 0) is 21.8 Å². The zero-order chi connectivity index (χ0) is 18.8. The molecule has 2 rings (SSSR count). The van der Waals surface area contributed by atoms with Crippen molar-refractivity contribution in [1.29, 1.82) is 0 Å². The van der Waals surface area contributed by atoms with Gasteiger partial charge in [-0.05, 0) is 41.8 Å². The molecule has 2 N–H and O–H groups in total. The standard InChI is InChI=1S/C20H23NO4S/c1-2-15-6-8-18(9-7-15)25-13-19(22)21-17-5-3-4-16(12-17)14-26-11-10-20(23)24/h3-9,12H,2,10-11,13-14H2,1H3,(H,21,22)(H,23,24). The van der Waals surface area contributed by atoms with E-state index in [0.717, 1.165) is 12.0 Å². The quantitative estimate of drug-likeness (QED) is 0.616. The number of aliphatic carboxylic acids is 1. The van der Waals surface area contributed by atoms with Crippen LogP contribution in [0.4, 0.5) is 5.69 Å². The van der Waals surface area contributed by atoms with Gasteiger partial charge in [-0.2, -0.15) is 11.8 Å². The number of carbonyl (C=O) groups excluding carboxylic acids is 1. The largest absolute Gasteiger partial charge is 0.484 e. The van der Waals surface area contributed by atoms with E-state index in [-0.39, 0.29) is 18.9 Å². The number of rotatable bonds is 10. The fraction of sp³-hybridized carbons (Fsp3) is 0.300. The third-order valence-corrected chi connectivity index (χ3v) is 4.67. The summed E-state index contributed by atoms with van der Waals surface area (Å²) in [5, 5.41) is 11.5. The van der Waals surface area contributed by atoms with Crippen LogP contribution in [0.25, 0.3) is 0 Å². The molecule has 1 amide bonds. The molecule has 0 aromatic heterocycles. The number of aryl methyl sites for hydroxylation is 1. The molecule has 0 fully saturated rings. The maximum absolute atomic E-state index is 12.0. The number of ether oxygens (including phenoxy) is 1. The summed E-state index contributed by atoms with van der Waals surface area (Å²) in [7, 11) is 0. The van der Waals surface area contributed by atoms with Crippen molar-refractivity contribution in [2.45, 2.75) is 25.5 Å². The van der Waals surface area contributed by atoms with Gasteiger partial charge in [0.1, 0.15) is 5.75 Å². The Balaban J connectivity index is 1.78. The maximum atomic E-state index is 12.0. The fourth-order valence-corrected chi connectivity index (χ4v) is 3.13. The number of carboxylic acids is 1. The van der Waals surface area contributed by atoms with E-state index in [4.69, 9.17) is 9.84 Å². The Kier molecular flexibility index (Phi) is 8.02. The van der Waals surface area contributed by atoms with E-state index < -0.39 is 5.97 Å². The second-order valence-corrected chi connectivity index (χ2v) is 6.84. The lowest BCUT2D eigenvalue weighted by Gasteiger charge is -2.09. The predicted molar refractivity (Wildman–Crippen MR) is 105 cm³/mol. The minimum Gasteiger partial charge on any atom is -0.484 e. The van der Waals surface area contributed by atoms with Crippen LogP contribution in [0.2, 0.25) is 0 Å². The van der Waals surface area contributed by atoms with Gasteiger partial charge in [-0.3, -0.25) is 9.59 Å². The smallest absolute Gasteiger partial charge is 0.304 e. The summed E-state index contributed by atoms with van der Waals surface area (Å²) in [4.78, 5) is 22.6. The first-order valence-corrected chi connectivity index (χ1v) is 9.62. The molecule has 2 aromatic rings. The molecule has 0 heterocycles. The van der Waals surface area contributed by atoms with E-state index in [1.807, 2.05) is 48.5 Å². The van der Waals surface area contributed by atoms with Gasteiger partial charge in [-0.1, -0.05) is 31.2 Å². The Morgan fingerprint density at radius 1 is 1.12 bits per heavy atom. The van der Waals surface area contributed by atoms with E-state index in [9.17, 15) is 9.59 Å². The highest BCUT2D eigenvalue weighted by Crippen LogP contribution is 2.17. The SMILES string of the molecule is CCc1ccc(OCC(=O)Nc2cccc(CSCCC(=O)O)c2)cc1. The molecule has 2 aromatic carbocycles. The zero-order valence-electron chi connectivity index (χ0n) is 14.7. The van der Waals surface area contributed by atoms with E-state index in [0.29, 0.717) is 22.9 Å². The summed E-state index contributed by atoms with van der Waals surface area (Å²) in [6, 6.07) is 15.2. The summed E-state index contributed by atoms with van der Waals surface area (Å²) in [6.45, 7) is 2.03. The van der Waals surface area contributed by atoms with E-state index >= 15 is 0 Å². The second-order valence-electron chi connectivity index (χ2n) is 5.73. The Hall–Kier alpha value is -2.47. The van der Waals surface area contributed by atoms with E-state index in [1.54, 1.807) is 11.8 Å². The number of thioether (sulfide) groups is 1. The zero-order valence-corrected chi connectivity index (χ0v) is 15.6. The number of carboxylic acid groups (broad SMARTS) is 1. The van der Waals surface area contributed by atoms with Crippen LogP contribution in [0, 0.1) is 0 Å². The fourth-order valence-electron chi connectivity index (χ4n) is 2.26. The van der Waals surface area contributed by atoms with Gasteiger partial charge in [0, 0.05) is 17.2 Å². The van der Waals surface area contributed by atoms with Crippen molar-refractivity contribution >= 4 is 29.3 Å². The lowest BCUT2D eigenvalue weighted by Crippen LogP contribution is -2.20. The average molecular weight is 373 g/mol. The summed E-state index contributed by atoms with van der Waals surface area (Å²) in [5.74, 6) is 0.928. The number of carbonyl (C=O) groups is 2. The highest BCUT2D eigenvalue weighted by atomic mass is 32.2. The van der Waals surface area contributed by atoms with Crippen LogP contribution >= 0.6 is 11.8 Å². The molecule has 0 saturated carbocycles.